The Balaban J connectivity index is 0.000000385. The van der Waals surface area contributed by atoms with Crippen molar-refractivity contribution in [3.63, 3.8) is 0 Å². The fraction of sp³-hybridized carbons (Fsp3) is 0.240. The van der Waals surface area contributed by atoms with Gasteiger partial charge >= 0.3 is 41.6 Å². The van der Waals surface area contributed by atoms with Crippen LogP contribution in [0.25, 0.3) is 22.3 Å². The number of hydrogen-bond donors (Lipinski definition) is 4. The summed E-state index contributed by atoms with van der Waals surface area (Å²) >= 11 is 12.7. The zero-order valence-corrected chi connectivity index (χ0v) is 52.2. The van der Waals surface area contributed by atoms with Gasteiger partial charge in [-0.1, -0.05) is 140 Å². The topological polar surface area (TPSA) is 201 Å². The third kappa shape index (κ3) is 24.7. The molecule has 0 aliphatic rings. The molecule has 0 spiro atoms. The molecule has 0 saturated carbocycles. The second-order valence-corrected chi connectivity index (χ2v) is 33.6. The maximum Gasteiger partial charge on any atom is 1.00 e. The predicted octanol–water partition coefficient (Wildman–Crippen LogP) is 9.75. The fourth-order valence-corrected chi connectivity index (χ4v) is 8.12. The number of halogens is 6. The van der Waals surface area contributed by atoms with Crippen molar-refractivity contribution in [1.29, 1.82) is 0 Å². The zero-order valence-electron chi connectivity index (χ0n) is 41.4. The molecule has 0 atom stereocenters. The molecule has 6 aromatic carbocycles. The van der Waals surface area contributed by atoms with Crippen molar-refractivity contribution < 1.29 is 84.1 Å². The van der Waals surface area contributed by atoms with Crippen molar-refractivity contribution in [2.24, 2.45) is 0 Å². The van der Waals surface area contributed by atoms with E-state index in [-0.39, 0.29) is 46.1 Å². The normalized spacial score (nSPS) is 11.2. The van der Waals surface area contributed by atoms with Gasteiger partial charge in [0.2, 0.25) is 0 Å². The van der Waals surface area contributed by atoms with Crippen LogP contribution in [0.4, 0.5) is 18.4 Å². The van der Waals surface area contributed by atoms with Gasteiger partial charge in [0, 0.05) is 11.1 Å². The van der Waals surface area contributed by atoms with E-state index in [9.17, 15) is 40.3 Å². The monoisotopic (exact) mass is 1410 g/mol. The second-order valence-electron chi connectivity index (χ2n) is 17.2. The molecule has 4 N–H and O–H groups in total. The number of carbonyl (C=O) groups excluding carboxylic acids is 2. The van der Waals surface area contributed by atoms with E-state index in [4.69, 9.17) is 25.8 Å². The number of hydrogen-bond acceptors (Lipinski definition) is 10. The summed E-state index contributed by atoms with van der Waals surface area (Å²) in [6, 6.07) is 33.0. The van der Waals surface area contributed by atoms with E-state index in [0.29, 0.717) is 5.18 Å². The first kappa shape index (κ1) is 65.4. The van der Waals surface area contributed by atoms with Crippen molar-refractivity contribution in [3.05, 3.63) is 150 Å². The zero-order chi connectivity index (χ0) is 54.2. The molecule has 0 bridgehead atoms. The standard InChI is InChI=1S/C24H25FN2O5S.C13H12O2.C11H14ClFN2O3S.C2H3I3.Na/c1-24(2,3)26-23(28)27-33(29,30)22-15-18(25)10-13-21(22)32-20-7-5-6-17(14-20)16-8-11-19(31-4)12-9-16;1-15-13-7-5-10(6-8-13)11-3-2-4-12(14)9-11;1-11(2,3)14-10(16)15-19(17,18)9-6-7(13)4-5-8(9)12;1-2(3,4)5;/h5-15H,1-4H3,(H2,26,27,28);2-9,14H,1H3;4-6H,1-3H3,(H2,14,15,16);1H3;/q;;;;+1/p-1. The summed E-state index contributed by atoms with van der Waals surface area (Å²) in [7, 11) is -5.42. The Morgan fingerprint density at radius 3 is 1.37 bits per heavy atom. The third-order valence-corrected chi connectivity index (χ3v) is 11.7. The van der Waals surface area contributed by atoms with E-state index in [1.165, 1.54) is 6.07 Å². The summed E-state index contributed by atoms with van der Waals surface area (Å²) in [6.07, 6.45) is 0. The van der Waals surface area contributed by atoms with Crippen molar-refractivity contribution >= 4 is 111 Å². The van der Waals surface area contributed by atoms with Gasteiger partial charge in [-0.05, 0) is 144 Å². The van der Waals surface area contributed by atoms with Crippen molar-refractivity contribution in [2.75, 3.05) is 14.2 Å². The average molecular weight is 1410 g/mol. The number of benzene rings is 6. The van der Waals surface area contributed by atoms with Crippen LogP contribution in [0.2, 0.25) is 5.02 Å². The van der Waals surface area contributed by atoms with E-state index >= 15 is 0 Å². The van der Waals surface area contributed by atoms with Crippen molar-refractivity contribution in [2.45, 2.75) is 68.8 Å². The van der Waals surface area contributed by atoms with Crippen LogP contribution in [0.1, 0.15) is 48.5 Å². The third-order valence-electron chi connectivity index (χ3n) is 8.55. The van der Waals surface area contributed by atoms with Gasteiger partial charge in [-0.2, -0.15) is 0 Å². The molecule has 0 radical (unpaired) electrons. The summed E-state index contributed by atoms with van der Waals surface area (Å²) in [5.74, 6) is 0.229. The van der Waals surface area contributed by atoms with E-state index in [0.717, 1.165) is 64.1 Å². The molecule has 0 aromatic heterocycles. The van der Waals surface area contributed by atoms with Crippen LogP contribution in [0.15, 0.2) is 143 Å². The molecule has 4 amide bonds. The molecule has 0 aliphatic heterocycles. The predicted molar refractivity (Wildman–Crippen MR) is 302 cm³/mol. The van der Waals surface area contributed by atoms with Crippen LogP contribution in [0.3, 0.4) is 0 Å². The molecule has 0 fully saturated rings. The molecule has 388 valence electrons. The number of alkyl halides is 3. The maximum absolute atomic E-state index is 13.9. The number of urea groups is 2. The summed E-state index contributed by atoms with van der Waals surface area (Å²) in [5.41, 5.74) is 2.41. The molecule has 0 saturated heterocycles. The molecule has 6 rings (SSSR count). The smallest absolute Gasteiger partial charge is 0.872 e. The summed E-state index contributed by atoms with van der Waals surface area (Å²) in [5, 5.41) is 15.9. The van der Waals surface area contributed by atoms with Gasteiger partial charge in [0.15, 0.2) is 0 Å². The number of amides is 4. The minimum atomic E-state index is -4.42. The largest absolute Gasteiger partial charge is 1.00 e. The number of ether oxygens (including phenoxy) is 3. The first-order valence-electron chi connectivity index (χ1n) is 21.1. The van der Waals surface area contributed by atoms with E-state index in [2.05, 4.69) is 85.3 Å². The molecule has 0 aliphatic carbocycles. The number of nitrogens with one attached hydrogen (secondary N) is 4. The van der Waals surface area contributed by atoms with Gasteiger partial charge in [0.1, 0.15) is 43.9 Å². The Bertz CT molecular complexity index is 3010. The minimum absolute atomic E-state index is 0. The summed E-state index contributed by atoms with van der Waals surface area (Å²) in [6.45, 7) is 12.3. The molecule has 0 unspecified atom stereocenters. The van der Waals surface area contributed by atoms with Crippen LogP contribution in [0.5, 0.6) is 28.7 Å². The fourth-order valence-electron chi connectivity index (χ4n) is 5.65. The van der Waals surface area contributed by atoms with Gasteiger partial charge in [-0.3, -0.25) is 0 Å². The Hall–Kier alpha value is -3.70. The molecule has 73 heavy (non-hydrogen) atoms. The maximum atomic E-state index is 13.9. The Morgan fingerprint density at radius 1 is 0.548 bits per heavy atom. The van der Waals surface area contributed by atoms with Crippen LogP contribution < -0.4 is 69.0 Å². The summed E-state index contributed by atoms with van der Waals surface area (Å²) in [4.78, 5) is 22.6. The van der Waals surface area contributed by atoms with Gasteiger partial charge in [-0.15, -0.1) is 5.75 Å². The number of methoxy groups -OCH3 is 2. The van der Waals surface area contributed by atoms with Crippen molar-refractivity contribution in [3.8, 4) is 51.0 Å². The summed E-state index contributed by atoms with van der Waals surface area (Å²) < 4.78 is 96.4. The van der Waals surface area contributed by atoms with Gasteiger partial charge < -0.3 is 30.0 Å². The minimum Gasteiger partial charge on any atom is -0.872 e. The van der Waals surface area contributed by atoms with Crippen LogP contribution in [-0.2, 0) is 20.0 Å². The number of rotatable bonds is 10. The Kier molecular flexibility index (Phi) is 26.0. The first-order chi connectivity index (χ1) is 33.3. The number of carbonyl (C=O) groups is 2. The molecular formula is C50H53ClF2I3N4NaO10S2. The van der Waals surface area contributed by atoms with Crippen LogP contribution in [-0.4, -0.2) is 53.6 Å². The molecule has 0 heterocycles. The van der Waals surface area contributed by atoms with Gasteiger partial charge in [-0.25, -0.2) is 44.6 Å². The molecule has 23 heteroatoms. The van der Waals surface area contributed by atoms with Crippen molar-refractivity contribution in [1.82, 2.24) is 20.1 Å². The quantitative estimate of drug-likeness (QED) is 0.0581. The van der Waals surface area contributed by atoms with Crippen LogP contribution >= 0.6 is 79.4 Å². The number of sulfonamides is 2. The van der Waals surface area contributed by atoms with E-state index in [1.54, 1.807) is 96.9 Å². The van der Waals surface area contributed by atoms with Crippen LogP contribution in [0, 0.1) is 11.6 Å². The second kappa shape index (κ2) is 29.0. The first-order valence-corrected chi connectivity index (χ1v) is 27.7. The SMILES string of the molecule is CC(C)(C)NC(=O)NS(=O)(=O)c1cc(F)ccc1Cl.CC(I)(I)I.COc1ccc(-c2cccc(Oc3ccc(F)cc3S(=O)(=O)NC(=O)NC(C)(C)C)c2)cc1.COc1ccc(-c2cccc([O-])c2)cc1.[Na+]. The Labute approximate surface area is 494 Å². The molecular weight excluding hydrogens is 1360 g/mol. The van der Waals surface area contributed by atoms with Gasteiger partial charge in [0.05, 0.1) is 19.2 Å². The Morgan fingerprint density at radius 2 is 0.945 bits per heavy atom. The molecule has 14 nitrogen and oxygen atoms in total. The van der Waals surface area contributed by atoms with Gasteiger partial charge in [0.25, 0.3) is 20.0 Å². The van der Waals surface area contributed by atoms with E-state index in [1.807, 2.05) is 65.4 Å². The van der Waals surface area contributed by atoms with E-state index < -0.39 is 64.6 Å². The molecule has 6 aromatic rings. The average Bonchev–Trinajstić information content (AvgIpc) is 3.26.